The van der Waals surface area contributed by atoms with Gasteiger partial charge < -0.3 is 26.0 Å². The molecule has 1 saturated heterocycles. The van der Waals surface area contributed by atoms with E-state index in [1.54, 1.807) is 13.2 Å². The van der Waals surface area contributed by atoms with Crippen molar-refractivity contribution in [2.24, 2.45) is 10.7 Å². The second-order valence-corrected chi connectivity index (χ2v) is 9.38. The van der Waals surface area contributed by atoms with Gasteiger partial charge >= 0.3 is 0 Å². The van der Waals surface area contributed by atoms with E-state index in [2.05, 4.69) is 42.3 Å². The van der Waals surface area contributed by atoms with Crippen LogP contribution < -0.4 is 26.0 Å². The highest BCUT2D eigenvalue weighted by molar-refractivity contribution is 5.78. The second kappa shape index (κ2) is 10.5. The molecule has 0 unspecified atom stereocenters. The van der Waals surface area contributed by atoms with E-state index >= 15 is 0 Å². The van der Waals surface area contributed by atoms with Crippen LogP contribution in [0.4, 0.5) is 17.3 Å². The second-order valence-electron chi connectivity index (χ2n) is 9.38. The van der Waals surface area contributed by atoms with Crippen molar-refractivity contribution >= 4 is 23.5 Å². The maximum Gasteiger partial charge on any atom is 0.237 e. The molecule has 10 nitrogen and oxygen atoms in total. The summed E-state index contributed by atoms with van der Waals surface area (Å²) in [4.78, 5) is 23.0. The van der Waals surface area contributed by atoms with E-state index in [-0.39, 0.29) is 0 Å². The number of aromatic nitrogens is 3. The van der Waals surface area contributed by atoms with Crippen molar-refractivity contribution in [3.8, 4) is 5.88 Å². The molecule has 2 aromatic heterocycles. The van der Waals surface area contributed by atoms with Crippen LogP contribution in [0.3, 0.4) is 0 Å². The molecule has 0 spiro atoms. The molecule has 3 aliphatic rings. The van der Waals surface area contributed by atoms with Crippen LogP contribution in [0.25, 0.3) is 0 Å². The molecule has 0 bridgehead atoms. The first kappa shape index (κ1) is 23.3. The predicted octanol–water partition coefficient (Wildman–Crippen LogP) is 1.97. The van der Waals surface area contributed by atoms with Crippen LogP contribution in [-0.4, -0.2) is 78.5 Å². The zero-order chi connectivity index (χ0) is 24.2. The number of likely N-dealkylation sites (tertiary alicyclic amines) is 1. The number of nitrogens with zero attached hydrogens (tertiary/aromatic N) is 6. The zero-order valence-electron chi connectivity index (χ0n) is 20.6. The molecule has 2 aromatic rings. The van der Waals surface area contributed by atoms with Crippen molar-refractivity contribution < 1.29 is 4.74 Å². The number of nitrogens with two attached hydrogens (primary N) is 1. The molecule has 35 heavy (non-hydrogen) atoms. The van der Waals surface area contributed by atoms with Gasteiger partial charge in [0.2, 0.25) is 11.8 Å². The third-order valence-corrected chi connectivity index (χ3v) is 7.04. The van der Waals surface area contributed by atoms with Crippen LogP contribution in [0.1, 0.15) is 29.7 Å². The first-order valence-electron chi connectivity index (χ1n) is 12.4. The topological polar surface area (TPSA) is 117 Å². The van der Waals surface area contributed by atoms with Crippen LogP contribution in [-0.2, 0) is 13.0 Å². The lowest BCUT2D eigenvalue weighted by Gasteiger charge is -2.33. The van der Waals surface area contributed by atoms with E-state index in [0.29, 0.717) is 18.5 Å². The number of aliphatic imine (C=N–C) groups is 1. The number of hydrogen-bond donors (Lipinski definition) is 3. The van der Waals surface area contributed by atoms with Gasteiger partial charge in [0, 0.05) is 63.8 Å². The minimum absolute atomic E-state index is 0.368. The average Bonchev–Trinajstić information content (AvgIpc) is 2.89. The molecule has 186 valence electrons. The highest BCUT2D eigenvalue weighted by Gasteiger charge is 2.25. The first-order valence-corrected chi connectivity index (χ1v) is 12.4. The van der Waals surface area contributed by atoms with E-state index in [0.717, 1.165) is 87.1 Å². The molecule has 0 atom stereocenters. The lowest BCUT2D eigenvalue weighted by molar-refractivity contribution is 0.237. The monoisotopic (exact) mass is 477 g/mol. The van der Waals surface area contributed by atoms with Crippen molar-refractivity contribution in [1.82, 2.24) is 19.9 Å². The summed E-state index contributed by atoms with van der Waals surface area (Å²) >= 11 is 0. The van der Waals surface area contributed by atoms with Gasteiger partial charge in [0.1, 0.15) is 12.3 Å². The summed E-state index contributed by atoms with van der Waals surface area (Å²) in [5.41, 5.74) is 12.4. The molecule has 5 heterocycles. The van der Waals surface area contributed by atoms with Crippen LogP contribution in [0, 0.1) is 6.92 Å². The van der Waals surface area contributed by atoms with Gasteiger partial charge in [-0.1, -0.05) is 0 Å². The third kappa shape index (κ3) is 5.17. The van der Waals surface area contributed by atoms with Gasteiger partial charge in [0.05, 0.1) is 24.1 Å². The van der Waals surface area contributed by atoms with Gasteiger partial charge in [0.25, 0.3) is 0 Å². The summed E-state index contributed by atoms with van der Waals surface area (Å²) in [5, 5.41) is 7.02. The summed E-state index contributed by atoms with van der Waals surface area (Å²) < 4.78 is 5.69. The summed E-state index contributed by atoms with van der Waals surface area (Å²) in [6.07, 6.45) is 10.4. The molecule has 4 N–H and O–H groups in total. The van der Waals surface area contributed by atoms with Gasteiger partial charge in [-0.15, -0.1) is 0 Å². The lowest BCUT2D eigenvalue weighted by Crippen LogP contribution is -2.40. The van der Waals surface area contributed by atoms with Crippen molar-refractivity contribution in [3.63, 3.8) is 0 Å². The molecule has 5 rings (SSSR count). The zero-order valence-corrected chi connectivity index (χ0v) is 20.6. The summed E-state index contributed by atoms with van der Waals surface area (Å²) in [5.74, 6) is 1.42. The summed E-state index contributed by atoms with van der Waals surface area (Å²) in [6.45, 7) is 8.12. The number of rotatable bonds is 6. The van der Waals surface area contributed by atoms with Crippen LogP contribution in [0.15, 0.2) is 29.2 Å². The number of ether oxygens (including phenoxy) is 1. The van der Waals surface area contributed by atoms with Gasteiger partial charge in [0.15, 0.2) is 0 Å². The maximum atomic E-state index is 5.72. The molecular formula is C25H35N9O. The fraction of sp³-hybridized carbons (Fsp3) is 0.520. The van der Waals surface area contributed by atoms with Gasteiger partial charge in [-0.3, -0.25) is 9.89 Å². The van der Waals surface area contributed by atoms with Crippen molar-refractivity contribution in [1.29, 1.82) is 0 Å². The Morgan fingerprint density at radius 1 is 1.29 bits per heavy atom. The Morgan fingerprint density at radius 2 is 2.14 bits per heavy atom. The molecule has 0 saturated carbocycles. The number of hydrogen-bond acceptors (Lipinski definition) is 10. The Bertz CT molecular complexity index is 1110. The third-order valence-electron chi connectivity index (χ3n) is 7.04. The average molecular weight is 478 g/mol. The number of pyridine rings is 1. The fourth-order valence-corrected chi connectivity index (χ4v) is 5.09. The molecule has 3 aliphatic heterocycles. The highest BCUT2D eigenvalue weighted by Crippen LogP contribution is 2.36. The Kier molecular flexibility index (Phi) is 6.98. The Hall–Kier alpha value is -3.40. The van der Waals surface area contributed by atoms with Crippen LogP contribution in [0.2, 0.25) is 0 Å². The quantitative estimate of drug-likeness (QED) is 0.537. The summed E-state index contributed by atoms with van der Waals surface area (Å²) in [7, 11) is 1.77. The molecule has 10 heteroatoms. The Balaban J connectivity index is 1.22. The first-order chi connectivity index (χ1) is 17.1. The van der Waals surface area contributed by atoms with E-state index < -0.39 is 0 Å². The molecule has 0 aromatic carbocycles. The lowest BCUT2D eigenvalue weighted by atomic mass is 10.0. The Labute approximate surface area is 206 Å². The van der Waals surface area contributed by atoms with Crippen LogP contribution in [0.5, 0.6) is 5.88 Å². The van der Waals surface area contributed by atoms with E-state index in [9.17, 15) is 0 Å². The van der Waals surface area contributed by atoms with Gasteiger partial charge in [-0.05, 0) is 43.5 Å². The number of nitrogens with one attached hydrogen (secondary N) is 2. The van der Waals surface area contributed by atoms with E-state index in [1.165, 1.54) is 11.1 Å². The molecular weight excluding hydrogens is 442 g/mol. The smallest absolute Gasteiger partial charge is 0.237 e. The minimum atomic E-state index is 0.368. The van der Waals surface area contributed by atoms with Gasteiger partial charge in [-0.25, -0.2) is 15.0 Å². The van der Waals surface area contributed by atoms with Crippen LogP contribution >= 0.6 is 0 Å². The molecule has 1 fully saturated rings. The van der Waals surface area contributed by atoms with Crippen molar-refractivity contribution in [2.75, 3.05) is 61.9 Å². The minimum Gasteiger partial charge on any atom is -0.474 e. The fourth-order valence-electron chi connectivity index (χ4n) is 5.09. The normalized spacial score (nSPS) is 19.1. The predicted molar refractivity (Wildman–Crippen MR) is 140 cm³/mol. The van der Waals surface area contributed by atoms with E-state index in [4.69, 9.17) is 15.5 Å². The molecule has 0 amide bonds. The molecule has 0 radical (unpaired) electrons. The van der Waals surface area contributed by atoms with Crippen molar-refractivity contribution in [3.05, 3.63) is 41.0 Å². The number of fused-ring (bicyclic) bond motifs is 2. The van der Waals surface area contributed by atoms with Gasteiger partial charge in [-0.2, -0.15) is 0 Å². The van der Waals surface area contributed by atoms with Crippen molar-refractivity contribution in [2.45, 2.75) is 38.8 Å². The Morgan fingerprint density at radius 3 is 2.94 bits per heavy atom. The number of anilines is 3. The largest absolute Gasteiger partial charge is 0.474 e. The molecule has 0 aliphatic carbocycles. The highest BCUT2D eigenvalue weighted by atomic mass is 16.5. The van der Waals surface area contributed by atoms with E-state index in [1.807, 2.05) is 18.6 Å². The standard InChI is InChI=1S/C25H35N9O/c1-17-22(14-29-24-23(17)28-6-10-35-24)34-9-3-19-13-30-25(32-21(19)16-34)31-20-4-7-33(8-5-20)15-18(11-26)12-27-2/h11-14,20,28H,3-10,15-16,26H2,1-2H3,(H,30,31,32)/b18-11+,27-12?. The SMILES string of the molecule is CN=C/C(=C\N)CN1CCC(Nc2ncc3c(n2)CN(c2cnc4c(c2C)NCCO4)CC3)CC1. The maximum absolute atomic E-state index is 5.72. The number of piperidine rings is 1. The summed E-state index contributed by atoms with van der Waals surface area (Å²) in [6, 6.07) is 0.368.